The molecule has 0 fully saturated rings. The molecular formula is C13H12ClNO. The van der Waals surface area contributed by atoms with E-state index in [1.165, 1.54) is 5.56 Å². The molecule has 0 aliphatic rings. The highest BCUT2D eigenvalue weighted by molar-refractivity contribution is 6.17. The number of nitrogens with zero attached hydrogens (tertiary/aromatic N) is 1. The van der Waals surface area contributed by atoms with Crippen LogP contribution in [0.1, 0.15) is 11.1 Å². The first kappa shape index (κ1) is 11.0. The molecule has 16 heavy (non-hydrogen) atoms. The topological polar surface area (TPSA) is 22.1 Å². The monoisotopic (exact) mass is 233 g/mol. The van der Waals surface area contributed by atoms with Crippen LogP contribution in [0.25, 0.3) is 0 Å². The molecule has 2 aromatic rings. The highest BCUT2D eigenvalue weighted by atomic mass is 35.5. The predicted molar refractivity (Wildman–Crippen MR) is 65.0 cm³/mol. The molecule has 82 valence electrons. The zero-order chi connectivity index (χ0) is 11.4. The van der Waals surface area contributed by atoms with Crippen LogP contribution < -0.4 is 4.74 Å². The van der Waals surface area contributed by atoms with Crippen molar-refractivity contribution in [3.63, 3.8) is 0 Å². The highest BCUT2D eigenvalue weighted by Gasteiger charge is 1.99. The lowest BCUT2D eigenvalue weighted by atomic mass is 10.2. The van der Waals surface area contributed by atoms with Gasteiger partial charge in [0.2, 0.25) is 0 Å². The second-order valence-corrected chi connectivity index (χ2v) is 3.84. The van der Waals surface area contributed by atoms with Gasteiger partial charge in [-0.1, -0.05) is 17.7 Å². The Labute approximate surface area is 99.9 Å². The van der Waals surface area contributed by atoms with E-state index in [0.717, 1.165) is 11.3 Å². The molecule has 2 rings (SSSR count). The summed E-state index contributed by atoms with van der Waals surface area (Å²) < 4.78 is 5.65. The number of hydrogen-bond donors (Lipinski definition) is 0. The van der Waals surface area contributed by atoms with Crippen LogP contribution in [0.4, 0.5) is 0 Å². The van der Waals surface area contributed by atoms with Crippen molar-refractivity contribution in [1.29, 1.82) is 0 Å². The molecule has 0 saturated heterocycles. The zero-order valence-corrected chi connectivity index (χ0v) is 9.74. The molecule has 0 atom stereocenters. The summed E-state index contributed by atoms with van der Waals surface area (Å²) in [6.07, 6.45) is 3.41. The van der Waals surface area contributed by atoms with Crippen LogP contribution in [0, 0.1) is 6.92 Å². The lowest BCUT2D eigenvalue weighted by Gasteiger charge is -2.06. The molecule has 0 saturated carbocycles. The third-order valence-electron chi connectivity index (χ3n) is 2.18. The van der Waals surface area contributed by atoms with E-state index < -0.39 is 0 Å². The number of hydrogen-bond acceptors (Lipinski definition) is 2. The van der Waals surface area contributed by atoms with Crippen LogP contribution in [0.5, 0.6) is 11.5 Å². The largest absolute Gasteiger partial charge is 0.456 e. The summed E-state index contributed by atoms with van der Waals surface area (Å²) >= 11 is 5.73. The first-order chi connectivity index (χ1) is 7.78. The SMILES string of the molecule is Cc1ccc(Oc2cncc(CCl)c2)cc1. The van der Waals surface area contributed by atoms with E-state index in [0.29, 0.717) is 11.6 Å². The van der Waals surface area contributed by atoms with Crippen LogP contribution in [-0.4, -0.2) is 4.98 Å². The molecule has 0 radical (unpaired) electrons. The lowest BCUT2D eigenvalue weighted by Crippen LogP contribution is -1.87. The number of aryl methyl sites for hydroxylation is 1. The van der Waals surface area contributed by atoms with Gasteiger partial charge in [0, 0.05) is 12.1 Å². The average Bonchev–Trinajstić information content (AvgIpc) is 2.32. The summed E-state index contributed by atoms with van der Waals surface area (Å²) in [6.45, 7) is 2.04. The van der Waals surface area contributed by atoms with Crippen LogP contribution in [-0.2, 0) is 5.88 Å². The fourth-order valence-electron chi connectivity index (χ4n) is 1.34. The summed E-state index contributed by atoms with van der Waals surface area (Å²) in [6, 6.07) is 9.77. The molecular weight excluding hydrogens is 222 g/mol. The van der Waals surface area contributed by atoms with Crippen LogP contribution in [0.15, 0.2) is 42.7 Å². The van der Waals surface area contributed by atoms with Gasteiger partial charge in [0.25, 0.3) is 0 Å². The molecule has 1 aromatic carbocycles. The van der Waals surface area contributed by atoms with Crippen molar-refractivity contribution in [2.75, 3.05) is 0 Å². The first-order valence-corrected chi connectivity index (χ1v) is 5.56. The smallest absolute Gasteiger partial charge is 0.146 e. The van der Waals surface area contributed by atoms with Crippen molar-refractivity contribution in [2.24, 2.45) is 0 Å². The molecule has 0 N–H and O–H groups in total. The molecule has 2 nitrogen and oxygen atoms in total. The third kappa shape index (κ3) is 2.74. The minimum atomic E-state index is 0.443. The predicted octanol–water partition coefficient (Wildman–Crippen LogP) is 3.92. The molecule has 0 unspecified atom stereocenters. The molecule has 1 aromatic heterocycles. The summed E-state index contributed by atoms with van der Waals surface area (Å²) in [7, 11) is 0. The summed E-state index contributed by atoms with van der Waals surface area (Å²) in [5.74, 6) is 1.96. The minimum absolute atomic E-state index is 0.443. The Kier molecular flexibility index (Phi) is 3.42. The van der Waals surface area contributed by atoms with Gasteiger partial charge in [-0.3, -0.25) is 4.98 Å². The average molecular weight is 234 g/mol. The van der Waals surface area contributed by atoms with Gasteiger partial charge in [-0.05, 0) is 30.7 Å². The Bertz CT molecular complexity index is 468. The molecule has 0 bridgehead atoms. The van der Waals surface area contributed by atoms with Gasteiger partial charge in [-0.25, -0.2) is 0 Å². The van der Waals surface area contributed by atoms with Gasteiger partial charge >= 0.3 is 0 Å². The number of rotatable bonds is 3. The maximum absolute atomic E-state index is 5.73. The maximum Gasteiger partial charge on any atom is 0.146 e. The zero-order valence-electron chi connectivity index (χ0n) is 8.98. The van der Waals surface area contributed by atoms with Crippen LogP contribution in [0.3, 0.4) is 0 Å². The van der Waals surface area contributed by atoms with E-state index in [1.807, 2.05) is 37.3 Å². The Balaban J connectivity index is 2.16. The normalized spacial score (nSPS) is 10.1. The van der Waals surface area contributed by atoms with Crippen molar-refractivity contribution in [3.8, 4) is 11.5 Å². The number of benzene rings is 1. The van der Waals surface area contributed by atoms with E-state index in [-0.39, 0.29) is 0 Å². The van der Waals surface area contributed by atoms with Gasteiger partial charge in [0.05, 0.1) is 6.20 Å². The van der Waals surface area contributed by atoms with Crippen molar-refractivity contribution in [1.82, 2.24) is 4.98 Å². The highest BCUT2D eigenvalue weighted by Crippen LogP contribution is 2.21. The van der Waals surface area contributed by atoms with Gasteiger partial charge < -0.3 is 4.74 Å². The van der Waals surface area contributed by atoms with E-state index >= 15 is 0 Å². The molecule has 0 aliphatic carbocycles. The number of halogens is 1. The number of alkyl halides is 1. The molecule has 0 spiro atoms. The van der Waals surface area contributed by atoms with E-state index in [4.69, 9.17) is 16.3 Å². The van der Waals surface area contributed by atoms with E-state index in [2.05, 4.69) is 4.98 Å². The maximum atomic E-state index is 5.73. The van der Waals surface area contributed by atoms with Crippen molar-refractivity contribution in [2.45, 2.75) is 12.8 Å². The third-order valence-corrected chi connectivity index (χ3v) is 2.49. The van der Waals surface area contributed by atoms with Crippen molar-refractivity contribution in [3.05, 3.63) is 53.9 Å². The molecule has 0 aliphatic heterocycles. The van der Waals surface area contributed by atoms with E-state index in [1.54, 1.807) is 12.4 Å². The van der Waals surface area contributed by atoms with Gasteiger partial charge in [-0.2, -0.15) is 0 Å². The second-order valence-electron chi connectivity index (χ2n) is 3.58. The van der Waals surface area contributed by atoms with Gasteiger partial charge in [0.15, 0.2) is 0 Å². The Morgan fingerprint density at radius 2 is 1.88 bits per heavy atom. The summed E-state index contributed by atoms with van der Waals surface area (Å²) in [5, 5.41) is 0. The quantitative estimate of drug-likeness (QED) is 0.750. The lowest BCUT2D eigenvalue weighted by molar-refractivity contribution is 0.479. The Morgan fingerprint density at radius 1 is 1.12 bits per heavy atom. The standard InChI is InChI=1S/C13H12ClNO/c1-10-2-4-12(5-3-10)16-13-6-11(7-14)8-15-9-13/h2-6,8-9H,7H2,1H3. The molecule has 3 heteroatoms. The second kappa shape index (κ2) is 4.99. The molecule has 0 amide bonds. The summed E-state index contributed by atoms with van der Waals surface area (Å²) in [5.41, 5.74) is 2.16. The minimum Gasteiger partial charge on any atom is -0.456 e. The fraction of sp³-hybridized carbons (Fsp3) is 0.154. The Hall–Kier alpha value is -1.54. The summed E-state index contributed by atoms with van der Waals surface area (Å²) in [4.78, 5) is 4.06. The molecule has 1 heterocycles. The fourth-order valence-corrected chi connectivity index (χ4v) is 1.48. The van der Waals surface area contributed by atoms with E-state index in [9.17, 15) is 0 Å². The number of ether oxygens (including phenoxy) is 1. The first-order valence-electron chi connectivity index (χ1n) is 5.02. The van der Waals surface area contributed by atoms with Crippen LogP contribution >= 0.6 is 11.6 Å². The Morgan fingerprint density at radius 3 is 2.56 bits per heavy atom. The van der Waals surface area contributed by atoms with Gasteiger partial charge in [0.1, 0.15) is 11.5 Å². The van der Waals surface area contributed by atoms with Crippen LogP contribution in [0.2, 0.25) is 0 Å². The van der Waals surface area contributed by atoms with Gasteiger partial charge in [-0.15, -0.1) is 11.6 Å². The van der Waals surface area contributed by atoms with Crippen molar-refractivity contribution < 1.29 is 4.74 Å². The number of pyridine rings is 1. The number of aromatic nitrogens is 1. The van der Waals surface area contributed by atoms with Crippen molar-refractivity contribution >= 4 is 11.6 Å².